The molecule has 2 atom stereocenters. The van der Waals surface area contributed by atoms with E-state index in [1.54, 1.807) is 24.5 Å². The van der Waals surface area contributed by atoms with Crippen molar-refractivity contribution in [1.29, 1.82) is 5.41 Å². The number of hydrogen-bond acceptors (Lipinski definition) is 8. The molecule has 0 spiro atoms. The van der Waals surface area contributed by atoms with Gasteiger partial charge in [0, 0.05) is 24.5 Å². The molecule has 0 aromatic carbocycles. The molecule has 2 saturated heterocycles. The molecule has 1 N–H and O–H groups in total. The van der Waals surface area contributed by atoms with E-state index in [9.17, 15) is 17.8 Å². The second-order valence-corrected chi connectivity index (χ2v) is 6.47. The van der Waals surface area contributed by atoms with Crippen molar-refractivity contribution in [2.45, 2.75) is 31.5 Å². The molecule has 130 valence electrons. The molecule has 0 saturated carbocycles. The summed E-state index contributed by atoms with van der Waals surface area (Å²) in [5.41, 5.74) is 0.783. The summed E-state index contributed by atoms with van der Waals surface area (Å²) in [5, 5.41) is 8.62. The second-order valence-electron chi connectivity index (χ2n) is 5.50. The predicted octanol–water partition coefficient (Wildman–Crippen LogP) is -2.76. The van der Waals surface area contributed by atoms with Gasteiger partial charge in [-0.15, -0.1) is 0 Å². The summed E-state index contributed by atoms with van der Waals surface area (Å²) in [6, 6.07) is 1.65. The van der Waals surface area contributed by atoms with E-state index >= 15 is 0 Å². The Hall–Kier alpha value is -1.24. The first-order chi connectivity index (χ1) is 11.3. The van der Waals surface area contributed by atoms with Gasteiger partial charge in [0.25, 0.3) is 0 Å². The van der Waals surface area contributed by atoms with Gasteiger partial charge in [-0.25, -0.2) is 13.2 Å². The van der Waals surface area contributed by atoms with Gasteiger partial charge in [0.1, 0.15) is 12.6 Å². The van der Waals surface area contributed by atoms with Gasteiger partial charge in [0.2, 0.25) is 16.3 Å². The van der Waals surface area contributed by atoms with Crippen molar-refractivity contribution in [3.63, 3.8) is 0 Å². The molecule has 0 radical (unpaired) electrons. The van der Waals surface area contributed by atoms with Crippen molar-refractivity contribution in [1.82, 2.24) is 14.9 Å². The minimum atomic E-state index is -5.03. The summed E-state index contributed by atoms with van der Waals surface area (Å²) in [6.07, 6.45) is 4.06. The molecule has 12 heteroatoms. The molecule has 1 aromatic rings. The maximum absolute atomic E-state index is 12.2. The average Bonchev–Trinajstić information content (AvgIpc) is 2.77. The zero-order valence-electron chi connectivity index (χ0n) is 13.5. The van der Waals surface area contributed by atoms with Crippen molar-refractivity contribution >= 4 is 22.3 Å². The van der Waals surface area contributed by atoms with Crippen LogP contribution < -0.4 is 29.6 Å². The van der Waals surface area contributed by atoms with Crippen molar-refractivity contribution in [3.05, 3.63) is 30.1 Å². The Kier molecular flexibility index (Phi) is 6.40. The molecular formula is C13H15N4NaO6S. The first-order valence-corrected chi connectivity index (χ1v) is 8.54. The van der Waals surface area contributed by atoms with Gasteiger partial charge in [-0.1, -0.05) is 6.07 Å². The van der Waals surface area contributed by atoms with Crippen LogP contribution in [0.3, 0.4) is 0 Å². The zero-order chi connectivity index (χ0) is 17.3. The standard InChI is InChI=1S/C13H16N4O6S.Na/c14-12(22-8-9-2-1-5-15-6-9)11-4-3-10-7-16(11)13(18)17(10)23-24(19,20)21;/h1-2,5-6,10-11,14H,3-4,7-8H2,(H,19,20,21);/q;+1/p-1/t10-,11+;/m1./s1. The largest absolute Gasteiger partial charge is 1.00 e. The summed E-state index contributed by atoms with van der Waals surface area (Å²) in [4.78, 5) is 17.4. The molecule has 2 bridgehead atoms. The molecule has 0 unspecified atom stereocenters. The fourth-order valence-corrected chi connectivity index (χ4v) is 3.22. The van der Waals surface area contributed by atoms with Gasteiger partial charge >= 0.3 is 35.6 Å². The Morgan fingerprint density at radius 3 is 2.84 bits per heavy atom. The molecule has 2 fully saturated rings. The first-order valence-electron chi connectivity index (χ1n) is 7.20. The van der Waals surface area contributed by atoms with E-state index < -0.39 is 28.5 Å². The SMILES string of the molecule is N=C(OCc1cccnc1)[C@@H]1CC[C@@H]2CN1C(=O)N2OS(=O)(=O)[O-].[Na+]. The number of nitrogens with zero attached hydrogens (tertiary/aromatic N) is 3. The second kappa shape index (κ2) is 7.98. The Labute approximate surface area is 166 Å². The molecule has 2 aliphatic heterocycles. The van der Waals surface area contributed by atoms with E-state index in [-0.39, 0.29) is 48.6 Å². The van der Waals surface area contributed by atoms with Gasteiger partial charge in [0.15, 0.2) is 0 Å². The summed E-state index contributed by atoms with van der Waals surface area (Å²) in [7, 11) is -5.03. The van der Waals surface area contributed by atoms with Crippen molar-refractivity contribution < 1.29 is 56.3 Å². The van der Waals surface area contributed by atoms with Crippen LogP contribution in [0.25, 0.3) is 0 Å². The van der Waals surface area contributed by atoms with E-state index in [1.807, 2.05) is 0 Å². The van der Waals surface area contributed by atoms with Crippen LogP contribution in [0.5, 0.6) is 0 Å². The molecule has 2 amide bonds. The number of carbonyl (C=O) groups excluding carboxylic acids is 1. The number of amides is 2. The number of hydrogen-bond donors (Lipinski definition) is 1. The summed E-state index contributed by atoms with van der Waals surface area (Å²) in [6.45, 7) is 0.321. The van der Waals surface area contributed by atoms with Crippen molar-refractivity contribution in [3.8, 4) is 0 Å². The topological polar surface area (TPSA) is 136 Å². The Morgan fingerprint density at radius 1 is 1.44 bits per heavy atom. The van der Waals surface area contributed by atoms with Gasteiger partial charge in [-0.2, -0.15) is 9.35 Å². The van der Waals surface area contributed by atoms with E-state index in [0.29, 0.717) is 17.9 Å². The third-order valence-corrected chi connectivity index (χ3v) is 4.26. The molecule has 3 rings (SSSR count). The first kappa shape index (κ1) is 20.1. The molecule has 0 aliphatic carbocycles. The van der Waals surface area contributed by atoms with Gasteiger partial charge in [-0.3, -0.25) is 10.4 Å². The van der Waals surface area contributed by atoms with Crippen LogP contribution in [0.4, 0.5) is 4.79 Å². The fraction of sp³-hybridized carbons (Fsp3) is 0.462. The van der Waals surface area contributed by atoms with Gasteiger partial charge in [-0.05, 0) is 18.9 Å². The van der Waals surface area contributed by atoms with E-state index in [1.165, 1.54) is 4.90 Å². The Balaban J connectivity index is 0.00000225. The van der Waals surface area contributed by atoms with Crippen LogP contribution in [-0.2, 0) is 26.0 Å². The molecule has 1 aromatic heterocycles. The number of ether oxygens (including phenoxy) is 1. The quantitative estimate of drug-likeness (QED) is 0.193. The Morgan fingerprint density at radius 2 is 2.20 bits per heavy atom. The Bertz CT molecular complexity index is 746. The number of piperidine rings is 1. The van der Waals surface area contributed by atoms with Gasteiger partial charge in [0.05, 0.1) is 6.04 Å². The molecular weight excluding hydrogens is 363 g/mol. The maximum Gasteiger partial charge on any atom is 1.00 e. The van der Waals surface area contributed by atoms with Crippen LogP contribution in [0.15, 0.2) is 24.5 Å². The van der Waals surface area contributed by atoms with E-state index in [2.05, 4.69) is 9.27 Å². The predicted molar refractivity (Wildman–Crippen MR) is 78.3 cm³/mol. The number of fused-ring (bicyclic) bond motifs is 2. The van der Waals surface area contributed by atoms with Crippen LogP contribution >= 0.6 is 0 Å². The fourth-order valence-electron chi connectivity index (χ4n) is 2.84. The number of urea groups is 1. The molecule has 25 heavy (non-hydrogen) atoms. The molecule has 2 aliphatic rings. The molecule has 3 heterocycles. The number of rotatable bonds is 5. The summed E-state index contributed by atoms with van der Waals surface area (Å²) in [5.74, 6) is -0.0996. The number of aromatic nitrogens is 1. The zero-order valence-corrected chi connectivity index (χ0v) is 16.3. The average molecular weight is 378 g/mol. The van der Waals surface area contributed by atoms with Crippen LogP contribution in [0, 0.1) is 5.41 Å². The minimum Gasteiger partial charge on any atom is -0.724 e. The summed E-state index contributed by atoms with van der Waals surface area (Å²) < 4.78 is 41.8. The minimum absolute atomic E-state index is 0. The van der Waals surface area contributed by atoms with Crippen molar-refractivity contribution in [2.75, 3.05) is 6.54 Å². The third kappa shape index (κ3) is 4.68. The molecule has 10 nitrogen and oxygen atoms in total. The monoisotopic (exact) mass is 378 g/mol. The third-order valence-electron chi connectivity index (χ3n) is 3.91. The van der Waals surface area contributed by atoms with Crippen molar-refractivity contribution in [2.24, 2.45) is 0 Å². The smallest absolute Gasteiger partial charge is 0.724 e. The maximum atomic E-state index is 12.2. The van der Waals surface area contributed by atoms with Crippen LogP contribution in [0.1, 0.15) is 18.4 Å². The summed E-state index contributed by atoms with van der Waals surface area (Å²) >= 11 is 0. The van der Waals surface area contributed by atoms with E-state index in [0.717, 1.165) is 5.56 Å². The number of carbonyl (C=O) groups is 1. The number of nitrogens with one attached hydrogen (secondary N) is 1. The van der Waals surface area contributed by atoms with E-state index in [4.69, 9.17) is 10.1 Å². The van der Waals surface area contributed by atoms with Gasteiger partial charge < -0.3 is 14.2 Å². The number of hydroxylamine groups is 2. The van der Waals surface area contributed by atoms with Crippen LogP contribution in [-0.4, -0.2) is 58.5 Å². The van der Waals surface area contributed by atoms with Crippen LogP contribution in [0.2, 0.25) is 0 Å². The normalized spacial score (nSPS) is 22.5. The number of pyridine rings is 1.